The number of hydrogen-bond acceptors (Lipinski definition) is 4. The lowest BCUT2D eigenvalue weighted by Gasteiger charge is -2.24. The van der Waals surface area contributed by atoms with Crippen molar-refractivity contribution < 1.29 is 9.18 Å². The maximum Gasteiger partial charge on any atom is 0.273 e. The first-order valence-corrected chi connectivity index (χ1v) is 11.0. The summed E-state index contributed by atoms with van der Waals surface area (Å²) >= 11 is 0. The number of nitrogens with zero attached hydrogens (tertiary/aromatic N) is 1. The molecule has 0 aliphatic heterocycles. The van der Waals surface area contributed by atoms with Crippen LogP contribution < -0.4 is 16.6 Å². The maximum atomic E-state index is 15.1. The molecule has 2 heterocycles. The fourth-order valence-electron chi connectivity index (χ4n) is 4.27. The fourth-order valence-corrected chi connectivity index (χ4v) is 4.27. The van der Waals surface area contributed by atoms with Crippen molar-refractivity contribution in [2.45, 2.75) is 12.0 Å². The highest BCUT2D eigenvalue weighted by Gasteiger charge is 2.28. The number of nitrogens with two attached hydrogens (primary N) is 1. The molecule has 0 unspecified atom stereocenters. The first kappa shape index (κ1) is 27.6. The zero-order valence-electron chi connectivity index (χ0n) is 19.4. The average molecular weight is 540 g/mol. The zero-order valence-corrected chi connectivity index (χ0v) is 21.0. The van der Waals surface area contributed by atoms with E-state index in [9.17, 15) is 9.59 Å². The summed E-state index contributed by atoms with van der Waals surface area (Å²) in [5.41, 5.74) is 9.49. The van der Waals surface area contributed by atoms with Gasteiger partial charge in [0, 0.05) is 28.9 Å². The molecule has 0 aliphatic carbocycles. The Balaban J connectivity index is 0.00000190. The number of nitrogens with one attached hydrogen (secondary N) is 3. The van der Waals surface area contributed by atoms with Gasteiger partial charge in [-0.25, -0.2) is 9.37 Å². The first-order valence-electron chi connectivity index (χ1n) is 11.0. The Kier molecular flexibility index (Phi) is 8.83. The van der Waals surface area contributed by atoms with Gasteiger partial charge < -0.3 is 21.0 Å². The van der Waals surface area contributed by atoms with E-state index in [-0.39, 0.29) is 53.1 Å². The van der Waals surface area contributed by atoms with Crippen molar-refractivity contribution in [3.05, 3.63) is 119 Å². The van der Waals surface area contributed by atoms with Gasteiger partial charge >= 0.3 is 0 Å². The smallest absolute Gasteiger partial charge is 0.273 e. The number of anilines is 1. The third kappa shape index (κ3) is 5.56. The van der Waals surface area contributed by atoms with Crippen molar-refractivity contribution in [1.29, 1.82) is 0 Å². The molecule has 3 aromatic carbocycles. The van der Waals surface area contributed by atoms with Crippen LogP contribution in [0.3, 0.4) is 0 Å². The lowest BCUT2D eigenvalue weighted by Crippen LogP contribution is -2.41. The first-order chi connectivity index (χ1) is 17.0. The summed E-state index contributed by atoms with van der Waals surface area (Å²) in [5, 5.41) is 2.74. The molecule has 5 aromatic rings. The molecule has 1 amide bonds. The van der Waals surface area contributed by atoms with Gasteiger partial charge in [0.05, 0.1) is 12.4 Å². The number of hydrogen-bond donors (Lipinski definition) is 4. The molecule has 0 bridgehead atoms. The summed E-state index contributed by atoms with van der Waals surface area (Å²) in [6.45, 7) is 0. The highest BCUT2D eigenvalue weighted by Crippen LogP contribution is 2.30. The molecule has 1 atom stereocenters. The van der Waals surface area contributed by atoms with Crippen LogP contribution >= 0.6 is 24.8 Å². The van der Waals surface area contributed by atoms with Crippen LogP contribution in [0.25, 0.3) is 22.2 Å². The maximum absolute atomic E-state index is 15.1. The van der Waals surface area contributed by atoms with Crippen LogP contribution in [0, 0.1) is 5.82 Å². The van der Waals surface area contributed by atoms with Crippen LogP contribution in [-0.2, 0) is 4.79 Å². The van der Waals surface area contributed by atoms with Crippen molar-refractivity contribution >= 4 is 47.4 Å². The van der Waals surface area contributed by atoms with Gasteiger partial charge in [0.1, 0.15) is 16.9 Å². The summed E-state index contributed by atoms with van der Waals surface area (Å²) in [7, 11) is 0. The van der Waals surface area contributed by atoms with E-state index in [0.717, 1.165) is 11.1 Å². The van der Waals surface area contributed by atoms with Crippen LogP contribution in [0.5, 0.6) is 0 Å². The molecule has 5 rings (SSSR count). The Hall–Kier alpha value is -3.98. The second-order valence-corrected chi connectivity index (χ2v) is 8.17. The topological polar surface area (TPSA) is 117 Å². The summed E-state index contributed by atoms with van der Waals surface area (Å²) in [4.78, 5) is 34.5. The number of amides is 1. The standard InChI is InChI=1S/C27H22FN5O2.2ClH/c28-21-13-18(11-12-19(21)20-14-30-27(35)25-24(20)31-15-32-25)33-26(34)23(29)22(16-7-3-1-4-8-16)17-9-5-2-6-10-17;;/h1-15,22-23H,29H2,(H,30,35)(H,31,32)(H,33,34);2*1H/t23-;;/m0../s1. The number of halogens is 3. The number of carbonyl (C=O) groups is 1. The second kappa shape index (κ2) is 11.8. The normalized spacial score (nSPS) is 11.4. The lowest BCUT2D eigenvalue weighted by molar-refractivity contribution is -0.117. The van der Waals surface area contributed by atoms with Crippen LogP contribution in [-0.4, -0.2) is 26.9 Å². The van der Waals surface area contributed by atoms with E-state index in [2.05, 4.69) is 20.3 Å². The summed E-state index contributed by atoms with van der Waals surface area (Å²) in [5.74, 6) is -1.39. The Morgan fingerprint density at radius 2 is 1.51 bits per heavy atom. The Morgan fingerprint density at radius 1 is 0.892 bits per heavy atom. The van der Waals surface area contributed by atoms with Gasteiger partial charge in [0.2, 0.25) is 5.91 Å². The quantitative estimate of drug-likeness (QED) is 0.243. The summed E-state index contributed by atoms with van der Waals surface area (Å²) in [6, 6.07) is 22.6. The van der Waals surface area contributed by atoms with Crippen LogP contribution in [0.15, 0.2) is 96.2 Å². The molecule has 0 aliphatic rings. The molecule has 2 aromatic heterocycles. The molecule has 37 heavy (non-hydrogen) atoms. The Labute approximate surface area is 224 Å². The predicted octanol–water partition coefficient (Wildman–Crippen LogP) is 5.00. The SMILES string of the molecule is Cl.Cl.N[C@H](C(=O)Nc1ccc(-c2c[nH]c(=O)c3[nH]cnc23)c(F)c1)C(c1ccccc1)c1ccccc1. The van der Waals surface area contributed by atoms with Crippen LogP contribution in [0.4, 0.5) is 10.1 Å². The number of fused-ring (bicyclic) bond motifs is 1. The summed E-state index contributed by atoms with van der Waals surface area (Å²) in [6.07, 6.45) is 2.80. The average Bonchev–Trinajstić information content (AvgIpc) is 3.37. The van der Waals surface area contributed by atoms with E-state index in [1.165, 1.54) is 24.7 Å². The number of rotatable bonds is 6. The van der Waals surface area contributed by atoms with Gasteiger partial charge in [-0.3, -0.25) is 9.59 Å². The van der Waals surface area contributed by atoms with Crippen molar-refractivity contribution in [2.75, 3.05) is 5.32 Å². The monoisotopic (exact) mass is 539 g/mol. The van der Waals surface area contributed by atoms with Gasteiger partial charge in [-0.2, -0.15) is 0 Å². The van der Waals surface area contributed by atoms with E-state index < -0.39 is 17.8 Å². The van der Waals surface area contributed by atoms with Gasteiger partial charge in [0.15, 0.2) is 0 Å². The van der Waals surface area contributed by atoms with E-state index in [0.29, 0.717) is 11.1 Å². The third-order valence-electron chi connectivity index (χ3n) is 5.98. The third-order valence-corrected chi connectivity index (χ3v) is 5.98. The van der Waals surface area contributed by atoms with E-state index >= 15 is 4.39 Å². The Bertz CT molecular complexity index is 1520. The van der Waals surface area contributed by atoms with E-state index in [1.807, 2.05) is 60.7 Å². The van der Waals surface area contributed by atoms with Crippen molar-refractivity contribution in [3.8, 4) is 11.1 Å². The van der Waals surface area contributed by atoms with Gasteiger partial charge in [-0.05, 0) is 29.3 Å². The summed E-state index contributed by atoms with van der Waals surface area (Å²) < 4.78 is 15.1. The van der Waals surface area contributed by atoms with Gasteiger partial charge in [0.25, 0.3) is 5.56 Å². The van der Waals surface area contributed by atoms with Crippen molar-refractivity contribution in [1.82, 2.24) is 15.0 Å². The number of pyridine rings is 1. The largest absolute Gasteiger partial charge is 0.340 e. The lowest BCUT2D eigenvalue weighted by atomic mass is 9.85. The number of aromatic nitrogens is 3. The highest BCUT2D eigenvalue weighted by molar-refractivity contribution is 5.96. The molecule has 0 saturated heterocycles. The molecule has 0 radical (unpaired) electrons. The fraction of sp³-hybridized carbons (Fsp3) is 0.0741. The molecule has 0 saturated carbocycles. The van der Waals surface area contributed by atoms with Gasteiger partial charge in [-0.1, -0.05) is 60.7 Å². The minimum atomic E-state index is -0.912. The molecule has 10 heteroatoms. The van der Waals surface area contributed by atoms with Crippen molar-refractivity contribution in [3.63, 3.8) is 0 Å². The molecular formula is C27H24Cl2FN5O2. The second-order valence-electron chi connectivity index (χ2n) is 8.17. The Morgan fingerprint density at radius 3 is 2.11 bits per heavy atom. The molecule has 0 fully saturated rings. The van der Waals surface area contributed by atoms with Crippen LogP contribution in [0.1, 0.15) is 17.0 Å². The zero-order chi connectivity index (χ0) is 24.4. The van der Waals surface area contributed by atoms with Crippen LogP contribution in [0.2, 0.25) is 0 Å². The number of benzene rings is 3. The molecule has 7 nitrogen and oxygen atoms in total. The number of imidazole rings is 1. The van der Waals surface area contributed by atoms with Crippen molar-refractivity contribution in [2.24, 2.45) is 5.73 Å². The minimum Gasteiger partial charge on any atom is -0.340 e. The number of aromatic amines is 2. The molecule has 190 valence electrons. The molecule has 0 spiro atoms. The minimum absolute atomic E-state index is 0. The predicted molar refractivity (Wildman–Crippen MR) is 148 cm³/mol. The number of carbonyl (C=O) groups excluding carboxylic acids is 1. The molecular weight excluding hydrogens is 516 g/mol. The van der Waals surface area contributed by atoms with E-state index in [1.54, 1.807) is 6.07 Å². The van der Waals surface area contributed by atoms with Gasteiger partial charge in [-0.15, -0.1) is 24.8 Å². The molecule has 5 N–H and O–H groups in total. The number of H-pyrrole nitrogens is 2. The highest BCUT2D eigenvalue weighted by atomic mass is 35.5. The van der Waals surface area contributed by atoms with E-state index in [4.69, 9.17) is 5.73 Å².